The number of esters is 1. The SMILES string of the molecule is CC(C)(C)C(=O)OCC(CN)CCc1ccc(C(C)(C)C)cc1. The van der Waals surface area contributed by atoms with Gasteiger partial charge in [-0.1, -0.05) is 45.0 Å². The number of ether oxygens (including phenoxy) is 1. The molecule has 130 valence electrons. The minimum atomic E-state index is -0.456. The normalized spacial score (nSPS) is 13.7. The van der Waals surface area contributed by atoms with Crippen LogP contribution in [0.3, 0.4) is 0 Å². The highest BCUT2D eigenvalue weighted by molar-refractivity contribution is 5.75. The largest absolute Gasteiger partial charge is 0.465 e. The van der Waals surface area contributed by atoms with Crippen molar-refractivity contribution in [2.45, 2.75) is 59.8 Å². The van der Waals surface area contributed by atoms with Crippen molar-refractivity contribution in [3.63, 3.8) is 0 Å². The third-order valence-corrected chi connectivity index (χ3v) is 4.06. The molecule has 1 unspecified atom stereocenters. The number of aryl methyl sites for hydroxylation is 1. The Morgan fingerprint density at radius 1 is 1.09 bits per heavy atom. The molecule has 23 heavy (non-hydrogen) atoms. The van der Waals surface area contributed by atoms with Crippen LogP contribution in [0.5, 0.6) is 0 Å². The summed E-state index contributed by atoms with van der Waals surface area (Å²) in [5.41, 5.74) is 8.19. The minimum absolute atomic E-state index is 0.162. The van der Waals surface area contributed by atoms with Crippen molar-refractivity contribution < 1.29 is 9.53 Å². The summed E-state index contributed by atoms with van der Waals surface area (Å²) in [5, 5.41) is 0. The monoisotopic (exact) mass is 319 g/mol. The smallest absolute Gasteiger partial charge is 0.311 e. The number of nitrogens with two attached hydrogens (primary N) is 1. The lowest BCUT2D eigenvalue weighted by Gasteiger charge is -2.21. The number of rotatable bonds is 6. The fourth-order valence-electron chi connectivity index (χ4n) is 2.22. The zero-order valence-electron chi connectivity index (χ0n) is 15.6. The zero-order valence-corrected chi connectivity index (χ0v) is 15.6. The molecule has 0 fully saturated rings. The molecule has 2 N–H and O–H groups in total. The molecule has 0 aliphatic carbocycles. The molecule has 0 aromatic heterocycles. The Bertz CT molecular complexity index is 492. The molecular formula is C20H33NO2. The first-order chi connectivity index (χ1) is 10.5. The van der Waals surface area contributed by atoms with Gasteiger partial charge in [0.1, 0.15) is 0 Å². The predicted molar refractivity (Wildman–Crippen MR) is 96.4 cm³/mol. The van der Waals surface area contributed by atoms with Gasteiger partial charge >= 0.3 is 5.97 Å². The van der Waals surface area contributed by atoms with Gasteiger partial charge in [0.05, 0.1) is 12.0 Å². The highest BCUT2D eigenvalue weighted by Gasteiger charge is 2.24. The van der Waals surface area contributed by atoms with Crippen LogP contribution in [0.25, 0.3) is 0 Å². The van der Waals surface area contributed by atoms with Crippen molar-refractivity contribution in [2.75, 3.05) is 13.2 Å². The summed E-state index contributed by atoms with van der Waals surface area (Å²) in [6.07, 6.45) is 1.89. The third-order valence-electron chi connectivity index (χ3n) is 4.06. The van der Waals surface area contributed by atoms with Crippen LogP contribution in [-0.4, -0.2) is 19.1 Å². The van der Waals surface area contributed by atoms with Crippen molar-refractivity contribution in [1.29, 1.82) is 0 Å². The molecule has 0 bridgehead atoms. The third kappa shape index (κ3) is 6.74. The van der Waals surface area contributed by atoms with Crippen molar-refractivity contribution in [3.8, 4) is 0 Å². The molecule has 0 radical (unpaired) electrons. The van der Waals surface area contributed by atoms with Crippen LogP contribution in [0.2, 0.25) is 0 Å². The minimum Gasteiger partial charge on any atom is -0.465 e. The number of benzene rings is 1. The van der Waals surface area contributed by atoms with E-state index in [1.165, 1.54) is 11.1 Å². The predicted octanol–water partition coefficient (Wildman–Crippen LogP) is 4.08. The molecule has 0 amide bonds. The molecule has 0 saturated carbocycles. The summed E-state index contributed by atoms with van der Waals surface area (Å²) < 4.78 is 5.39. The first-order valence-electron chi connectivity index (χ1n) is 8.50. The molecule has 1 aromatic carbocycles. The second-order valence-corrected chi connectivity index (χ2v) is 8.44. The number of carbonyl (C=O) groups is 1. The van der Waals surface area contributed by atoms with Crippen molar-refractivity contribution in [1.82, 2.24) is 0 Å². The van der Waals surface area contributed by atoms with Crippen molar-refractivity contribution in [3.05, 3.63) is 35.4 Å². The van der Waals surface area contributed by atoms with E-state index < -0.39 is 5.41 Å². The molecule has 3 nitrogen and oxygen atoms in total. The van der Waals surface area contributed by atoms with Crippen molar-refractivity contribution in [2.24, 2.45) is 17.1 Å². The van der Waals surface area contributed by atoms with Crippen molar-refractivity contribution >= 4 is 5.97 Å². The zero-order chi connectivity index (χ0) is 17.7. The van der Waals surface area contributed by atoms with Gasteiger partial charge in [-0.2, -0.15) is 0 Å². The molecule has 0 heterocycles. The second-order valence-electron chi connectivity index (χ2n) is 8.44. The first-order valence-corrected chi connectivity index (χ1v) is 8.50. The Balaban J connectivity index is 2.50. The molecular weight excluding hydrogens is 286 g/mol. The summed E-state index contributed by atoms with van der Waals surface area (Å²) in [6.45, 7) is 13.2. The molecule has 1 aromatic rings. The van der Waals surface area contributed by atoms with E-state index in [0.717, 1.165) is 12.8 Å². The average Bonchev–Trinajstić information content (AvgIpc) is 2.45. The van der Waals surface area contributed by atoms with Crippen LogP contribution in [0.1, 0.15) is 59.1 Å². The fourth-order valence-corrected chi connectivity index (χ4v) is 2.22. The van der Waals surface area contributed by atoms with Crippen LogP contribution < -0.4 is 5.73 Å². The van der Waals surface area contributed by atoms with E-state index in [1.807, 2.05) is 20.8 Å². The lowest BCUT2D eigenvalue weighted by atomic mass is 9.86. The van der Waals surface area contributed by atoms with Gasteiger partial charge in [-0.25, -0.2) is 0 Å². The molecule has 1 atom stereocenters. The lowest BCUT2D eigenvalue weighted by molar-refractivity contribution is -0.154. The van der Waals surface area contributed by atoms with Crippen LogP contribution >= 0.6 is 0 Å². The van der Waals surface area contributed by atoms with E-state index in [-0.39, 0.29) is 17.3 Å². The Kier molecular flexibility index (Phi) is 6.82. The maximum atomic E-state index is 11.8. The first kappa shape index (κ1) is 19.7. The molecule has 0 aliphatic heterocycles. The number of hydrogen-bond donors (Lipinski definition) is 1. The van der Waals surface area contributed by atoms with Gasteiger partial charge in [0, 0.05) is 5.92 Å². The van der Waals surface area contributed by atoms with Crippen LogP contribution in [-0.2, 0) is 21.4 Å². The topological polar surface area (TPSA) is 52.3 Å². The van der Waals surface area contributed by atoms with E-state index in [1.54, 1.807) is 0 Å². The quantitative estimate of drug-likeness (QED) is 0.804. The van der Waals surface area contributed by atoms with E-state index in [4.69, 9.17) is 10.5 Å². The Morgan fingerprint density at radius 2 is 1.65 bits per heavy atom. The number of carbonyl (C=O) groups excluding carboxylic acids is 1. The van der Waals surface area contributed by atoms with Crippen LogP contribution in [0.4, 0.5) is 0 Å². The van der Waals surface area contributed by atoms with E-state index in [9.17, 15) is 4.79 Å². The maximum absolute atomic E-state index is 11.8. The average molecular weight is 319 g/mol. The van der Waals surface area contributed by atoms with Gasteiger partial charge in [0.25, 0.3) is 0 Å². The van der Waals surface area contributed by atoms with Gasteiger partial charge in [-0.3, -0.25) is 4.79 Å². The van der Waals surface area contributed by atoms with Gasteiger partial charge in [0.15, 0.2) is 0 Å². The second kappa shape index (κ2) is 7.96. The molecule has 1 rings (SSSR count). The van der Waals surface area contributed by atoms with Gasteiger partial charge < -0.3 is 10.5 Å². The summed E-state index contributed by atoms with van der Waals surface area (Å²) in [7, 11) is 0. The standard InChI is InChI=1S/C20H33NO2/c1-19(2,3)17-11-9-15(10-12-17)7-8-16(13-21)14-23-18(22)20(4,5)6/h9-12,16H,7-8,13-14,21H2,1-6H3. The summed E-state index contributed by atoms with van der Waals surface area (Å²) in [6, 6.07) is 8.78. The Morgan fingerprint density at radius 3 is 2.09 bits per heavy atom. The van der Waals surface area contributed by atoms with Crippen LogP contribution in [0, 0.1) is 11.3 Å². The summed E-state index contributed by atoms with van der Waals surface area (Å²) in [5.74, 6) is 0.0501. The Labute approximate surface area is 141 Å². The highest BCUT2D eigenvalue weighted by atomic mass is 16.5. The summed E-state index contributed by atoms with van der Waals surface area (Å²) >= 11 is 0. The molecule has 0 spiro atoms. The lowest BCUT2D eigenvalue weighted by Crippen LogP contribution is -2.28. The fraction of sp³-hybridized carbons (Fsp3) is 0.650. The molecule has 3 heteroatoms. The number of hydrogen-bond acceptors (Lipinski definition) is 3. The highest BCUT2D eigenvalue weighted by Crippen LogP contribution is 2.23. The molecule has 0 aliphatic rings. The summed E-state index contributed by atoms with van der Waals surface area (Å²) in [4.78, 5) is 11.8. The maximum Gasteiger partial charge on any atom is 0.311 e. The van der Waals surface area contributed by atoms with Crippen LogP contribution in [0.15, 0.2) is 24.3 Å². The molecule has 0 saturated heterocycles. The van der Waals surface area contributed by atoms with Gasteiger partial charge in [0.2, 0.25) is 0 Å². The van der Waals surface area contributed by atoms with E-state index >= 15 is 0 Å². The van der Waals surface area contributed by atoms with E-state index in [2.05, 4.69) is 45.0 Å². The van der Waals surface area contributed by atoms with E-state index in [0.29, 0.717) is 13.2 Å². The van der Waals surface area contributed by atoms with Gasteiger partial charge in [-0.05, 0) is 56.7 Å². The Hall–Kier alpha value is -1.35. The van der Waals surface area contributed by atoms with Gasteiger partial charge in [-0.15, -0.1) is 0 Å².